The first-order valence-electron chi connectivity index (χ1n) is 14.5. The van der Waals surface area contributed by atoms with Gasteiger partial charge in [0.05, 0.1) is 11.4 Å². The molecule has 0 aliphatic heterocycles. The molecule has 0 spiro atoms. The van der Waals surface area contributed by atoms with Crippen LogP contribution in [0.15, 0.2) is 145 Å². The fraction of sp³-hybridized carbons (Fsp3) is 0.0976. The van der Waals surface area contributed by atoms with Crippen LogP contribution in [0.3, 0.4) is 0 Å². The summed E-state index contributed by atoms with van der Waals surface area (Å²) in [7, 11) is 0. The zero-order valence-electron chi connectivity index (χ0n) is 25.6. The topological polar surface area (TPSA) is 32.6 Å². The summed E-state index contributed by atoms with van der Waals surface area (Å²) >= 11 is 0. The average Bonchev–Trinajstić information content (AvgIpc) is 3.24. The predicted octanol–water partition coefficient (Wildman–Crippen LogP) is 9.87. The van der Waals surface area contributed by atoms with Crippen molar-refractivity contribution in [2.45, 2.75) is 26.4 Å². The van der Waals surface area contributed by atoms with E-state index < -0.39 is 5.60 Å². The molecule has 1 aliphatic rings. The second-order valence-corrected chi connectivity index (χ2v) is 11.0. The second-order valence-electron chi connectivity index (χ2n) is 11.0. The van der Waals surface area contributed by atoms with Crippen molar-refractivity contribution >= 4 is 22.2 Å². The van der Waals surface area contributed by atoms with Gasteiger partial charge in [0.2, 0.25) is 0 Å². The van der Waals surface area contributed by atoms with Gasteiger partial charge in [-0.2, -0.15) is 49.2 Å². The van der Waals surface area contributed by atoms with Gasteiger partial charge in [0.1, 0.15) is 0 Å². The van der Waals surface area contributed by atoms with Gasteiger partial charge >= 0.3 is 0 Å². The summed E-state index contributed by atoms with van der Waals surface area (Å²) in [5.41, 5.74) is 8.60. The van der Waals surface area contributed by atoms with Crippen molar-refractivity contribution in [3.05, 3.63) is 198 Å². The normalized spacial score (nSPS) is 15.4. The van der Waals surface area contributed by atoms with E-state index in [9.17, 15) is 5.11 Å². The molecule has 2 nitrogen and oxygen atoms in total. The van der Waals surface area contributed by atoms with Crippen molar-refractivity contribution in [3.63, 3.8) is 0 Å². The Kier molecular flexibility index (Phi) is 10.8. The maximum Gasteiger partial charge on any atom is 0.159 e. The molecule has 0 amide bonds. The monoisotopic (exact) mass is 649 g/mol. The Morgan fingerprint density at radius 1 is 0.591 bits per heavy atom. The number of nitrogens with zero attached hydrogens (tertiary/aromatic N) is 1. The van der Waals surface area contributed by atoms with Gasteiger partial charge in [-0.3, -0.25) is 0 Å². The van der Waals surface area contributed by atoms with Gasteiger partial charge in [-0.05, 0) is 54.8 Å². The number of rotatable bonds is 2. The number of aryl methyl sites for hydroxylation is 3. The number of aliphatic imine (C=N–C) groups is 1. The number of aliphatic hydroxyl groups is 1. The number of hydrogen-bond acceptors (Lipinski definition) is 2. The quantitative estimate of drug-likeness (QED) is 0.186. The molecule has 0 saturated heterocycles. The Bertz CT molecular complexity index is 1800. The van der Waals surface area contributed by atoms with Crippen LogP contribution in [0.4, 0.5) is 5.69 Å². The fourth-order valence-corrected chi connectivity index (χ4v) is 5.89. The summed E-state index contributed by atoms with van der Waals surface area (Å²) < 4.78 is 0. The summed E-state index contributed by atoms with van der Waals surface area (Å²) in [6.45, 7) is 13.7. The largest absolute Gasteiger partial charge is 0.374 e. The molecule has 1 unspecified atom stereocenters. The van der Waals surface area contributed by atoms with E-state index in [2.05, 4.69) is 65.0 Å². The van der Waals surface area contributed by atoms with E-state index in [1.54, 1.807) is 0 Å². The SMILES string of the molecule is Cc1cc(C)c(C2(O)C(=Nc3ccccc3)c3cccc4cccc2c34)c(C)c1.[CH2-]c1ccccc1.[CH2-]c1ccccc1.[Zr]. The molecule has 0 aromatic heterocycles. The van der Waals surface area contributed by atoms with Crippen LogP contribution in [0.2, 0.25) is 0 Å². The molecule has 1 N–H and O–H groups in total. The Balaban J connectivity index is 0.000000242. The van der Waals surface area contributed by atoms with Crippen molar-refractivity contribution in [2.24, 2.45) is 4.99 Å². The molecule has 0 heterocycles. The molecule has 1 aliphatic carbocycles. The van der Waals surface area contributed by atoms with E-state index in [4.69, 9.17) is 4.99 Å². The van der Waals surface area contributed by atoms with Crippen molar-refractivity contribution in [3.8, 4) is 0 Å². The van der Waals surface area contributed by atoms with E-state index in [1.165, 1.54) is 5.56 Å². The smallest absolute Gasteiger partial charge is 0.159 e. The van der Waals surface area contributed by atoms with Crippen LogP contribution in [0.25, 0.3) is 10.8 Å². The van der Waals surface area contributed by atoms with Crippen molar-refractivity contribution < 1.29 is 31.3 Å². The van der Waals surface area contributed by atoms with Gasteiger partial charge in [0, 0.05) is 42.9 Å². The fourth-order valence-electron chi connectivity index (χ4n) is 5.89. The van der Waals surface area contributed by atoms with Gasteiger partial charge in [-0.25, -0.2) is 4.99 Å². The van der Waals surface area contributed by atoms with Crippen molar-refractivity contribution in [1.82, 2.24) is 0 Å². The van der Waals surface area contributed by atoms with Crippen LogP contribution in [-0.2, 0) is 31.8 Å². The average molecular weight is 651 g/mol. The van der Waals surface area contributed by atoms with E-state index >= 15 is 0 Å². The third kappa shape index (κ3) is 6.97. The van der Waals surface area contributed by atoms with Crippen LogP contribution < -0.4 is 0 Å². The minimum absolute atomic E-state index is 0. The first kappa shape index (κ1) is 32.7. The molecule has 0 fully saturated rings. The van der Waals surface area contributed by atoms with Gasteiger partial charge in [0.15, 0.2) is 5.60 Å². The predicted molar refractivity (Wildman–Crippen MR) is 182 cm³/mol. The molecule has 3 heteroatoms. The molecule has 44 heavy (non-hydrogen) atoms. The summed E-state index contributed by atoms with van der Waals surface area (Å²) in [5, 5.41) is 14.7. The van der Waals surface area contributed by atoms with Gasteiger partial charge < -0.3 is 5.11 Å². The zero-order valence-corrected chi connectivity index (χ0v) is 28.0. The Labute approximate surface area is 281 Å². The Morgan fingerprint density at radius 2 is 1.07 bits per heavy atom. The number of benzene rings is 6. The van der Waals surface area contributed by atoms with Crippen molar-refractivity contribution in [2.75, 3.05) is 0 Å². The standard InChI is InChI=1S/C27H23NO.2C7H7.Zr/c1-17-15-18(2)25(19(3)16-17)27(29)23-14-8-10-20-9-7-13-22(24(20)23)26(27)28-21-11-5-4-6-12-21;2*1-7-5-3-2-4-6-7;/h4-16,29H,1-3H3;2*2-6H,1H2;/q;2*-1;. The maximum atomic E-state index is 12.4. The van der Waals surface area contributed by atoms with E-state index in [0.29, 0.717) is 5.71 Å². The minimum Gasteiger partial charge on any atom is -0.374 e. The van der Waals surface area contributed by atoms with Gasteiger partial charge in [-0.15, -0.1) is 24.3 Å². The molecule has 0 saturated carbocycles. The molecule has 6 aromatic rings. The van der Waals surface area contributed by atoms with Crippen LogP contribution in [0.1, 0.15) is 44.5 Å². The molecule has 0 radical (unpaired) electrons. The molecule has 1 atom stereocenters. The van der Waals surface area contributed by atoms with E-state index in [1.807, 2.05) is 109 Å². The van der Waals surface area contributed by atoms with Crippen LogP contribution in [0, 0.1) is 34.6 Å². The third-order valence-corrected chi connectivity index (χ3v) is 7.61. The molecule has 0 bridgehead atoms. The summed E-state index contributed by atoms with van der Waals surface area (Å²) in [6, 6.07) is 46.3. The van der Waals surface area contributed by atoms with E-state index in [-0.39, 0.29) is 26.2 Å². The van der Waals surface area contributed by atoms with Crippen LogP contribution >= 0.6 is 0 Å². The third-order valence-electron chi connectivity index (χ3n) is 7.61. The molecule has 7 rings (SSSR count). The summed E-state index contributed by atoms with van der Waals surface area (Å²) in [4.78, 5) is 5.00. The zero-order chi connectivity index (χ0) is 30.4. The maximum absolute atomic E-state index is 12.4. The van der Waals surface area contributed by atoms with Crippen LogP contribution in [0.5, 0.6) is 0 Å². The molecule has 218 valence electrons. The van der Waals surface area contributed by atoms with E-state index in [0.717, 1.165) is 55.4 Å². The number of hydrogen-bond donors (Lipinski definition) is 1. The first-order chi connectivity index (χ1) is 20.8. The summed E-state index contributed by atoms with van der Waals surface area (Å²) in [6.07, 6.45) is 0. The molecular weight excluding hydrogens is 614 g/mol. The first-order valence-corrected chi connectivity index (χ1v) is 14.5. The number of para-hydroxylation sites is 1. The van der Waals surface area contributed by atoms with Crippen LogP contribution in [-0.4, -0.2) is 10.8 Å². The Hall–Kier alpha value is -4.17. The Morgan fingerprint density at radius 3 is 1.55 bits per heavy atom. The molecular formula is C41H37NOZr-2. The van der Waals surface area contributed by atoms with Gasteiger partial charge in [0.25, 0.3) is 0 Å². The summed E-state index contributed by atoms with van der Waals surface area (Å²) in [5.74, 6) is 0. The van der Waals surface area contributed by atoms with Gasteiger partial charge in [-0.1, -0.05) is 84.4 Å². The van der Waals surface area contributed by atoms with Crippen molar-refractivity contribution in [1.29, 1.82) is 0 Å². The second kappa shape index (κ2) is 14.5. The molecule has 6 aromatic carbocycles. The minimum atomic E-state index is -1.29.